The molecule has 0 aromatic heterocycles. The SMILES string of the molecule is CCOC(=O)C(NS(=O)(=O)c1cc(F)ccc1C)c1ccccc1. The molecule has 128 valence electrons. The van der Waals surface area contributed by atoms with Crippen LogP contribution in [-0.2, 0) is 19.6 Å². The van der Waals surface area contributed by atoms with Crippen LogP contribution in [0.1, 0.15) is 24.1 Å². The Labute approximate surface area is 140 Å². The Kier molecular flexibility index (Phi) is 5.69. The summed E-state index contributed by atoms with van der Waals surface area (Å²) in [6.07, 6.45) is 0. The van der Waals surface area contributed by atoms with Crippen LogP contribution in [0.3, 0.4) is 0 Å². The Bertz CT molecular complexity index is 822. The van der Waals surface area contributed by atoms with Crippen LogP contribution in [0.5, 0.6) is 0 Å². The molecule has 2 aromatic rings. The molecule has 0 radical (unpaired) electrons. The van der Waals surface area contributed by atoms with Gasteiger partial charge in [-0.1, -0.05) is 36.4 Å². The third kappa shape index (κ3) is 4.18. The van der Waals surface area contributed by atoms with Crippen LogP contribution < -0.4 is 4.72 Å². The van der Waals surface area contributed by atoms with E-state index in [9.17, 15) is 17.6 Å². The largest absolute Gasteiger partial charge is 0.465 e. The first-order valence-corrected chi connectivity index (χ1v) is 8.83. The summed E-state index contributed by atoms with van der Waals surface area (Å²) in [7, 11) is -4.11. The lowest BCUT2D eigenvalue weighted by Gasteiger charge is -2.18. The van der Waals surface area contributed by atoms with E-state index in [1.165, 1.54) is 12.1 Å². The van der Waals surface area contributed by atoms with Gasteiger partial charge in [-0.3, -0.25) is 0 Å². The van der Waals surface area contributed by atoms with Crippen molar-refractivity contribution in [2.45, 2.75) is 24.8 Å². The van der Waals surface area contributed by atoms with E-state index in [2.05, 4.69) is 4.72 Å². The number of benzene rings is 2. The first-order valence-electron chi connectivity index (χ1n) is 7.35. The Hall–Kier alpha value is -2.25. The summed E-state index contributed by atoms with van der Waals surface area (Å²) in [5.74, 6) is -1.39. The second kappa shape index (κ2) is 7.55. The Morgan fingerprint density at radius 3 is 2.50 bits per heavy atom. The van der Waals surface area contributed by atoms with E-state index in [1.807, 2.05) is 0 Å². The summed E-state index contributed by atoms with van der Waals surface area (Å²) in [6, 6.07) is 10.6. The van der Waals surface area contributed by atoms with Crippen molar-refractivity contribution in [2.75, 3.05) is 6.61 Å². The molecule has 7 heteroatoms. The molecule has 0 aliphatic rings. The summed E-state index contributed by atoms with van der Waals surface area (Å²) in [6.45, 7) is 3.30. The molecule has 1 atom stereocenters. The third-order valence-electron chi connectivity index (χ3n) is 3.37. The maximum atomic E-state index is 13.4. The zero-order valence-corrected chi connectivity index (χ0v) is 14.1. The van der Waals surface area contributed by atoms with Gasteiger partial charge in [0.25, 0.3) is 0 Å². The normalized spacial score (nSPS) is 12.6. The number of esters is 1. The topological polar surface area (TPSA) is 72.5 Å². The fraction of sp³-hybridized carbons (Fsp3) is 0.235. The number of rotatable bonds is 6. The van der Waals surface area contributed by atoms with Gasteiger partial charge in [0.05, 0.1) is 11.5 Å². The van der Waals surface area contributed by atoms with E-state index in [0.29, 0.717) is 11.1 Å². The van der Waals surface area contributed by atoms with Crippen molar-refractivity contribution in [3.63, 3.8) is 0 Å². The number of ether oxygens (including phenoxy) is 1. The molecule has 0 amide bonds. The van der Waals surface area contributed by atoms with Crippen molar-refractivity contribution in [1.82, 2.24) is 4.72 Å². The number of hydrogen-bond acceptors (Lipinski definition) is 4. The maximum Gasteiger partial charge on any atom is 0.328 e. The minimum absolute atomic E-state index is 0.114. The fourth-order valence-electron chi connectivity index (χ4n) is 2.21. The number of halogens is 1. The number of carbonyl (C=O) groups is 1. The molecular weight excluding hydrogens is 333 g/mol. The van der Waals surface area contributed by atoms with E-state index in [-0.39, 0.29) is 11.5 Å². The average molecular weight is 351 g/mol. The summed E-state index contributed by atoms with van der Waals surface area (Å²) in [5.41, 5.74) is 0.813. The number of hydrogen-bond donors (Lipinski definition) is 1. The van der Waals surface area contributed by atoms with Crippen LogP contribution in [0, 0.1) is 12.7 Å². The Morgan fingerprint density at radius 2 is 1.88 bits per heavy atom. The molecule has 0 fully saturated rings. The van der Waals surface area contributed by atoms with Gasteiger partial charge in [0, 0.05) is 0 Å². The van der Waals surface area contributed by atoms with Crippen LogP contribution in [-0.4, -0.2) is 21.0 Å². The van der Waals surface area contributed by atoms with Crippen molar-refractivity contribution < 1.29 is 22.3 Å². The standard InChI is InChI=1S/C17H18FNO4S/c1-3-23-17(20)16(13-7-5-4-6-8-13)19-24(21,22)15-11-14(18)10-9-12(15)2/h4-11,16,19H,3H2,1-2H3. The van der Waals surface area contributed by atoms with Crippen molar-refractivity contribution in [1.29, 1.82) is 0 Å². The van der Waals surface area contributed by atoms with Crippen molar-refractivity contribution in [2.24, 2.45) is 0 Å². The van der Waals surface area contributed by atoms with Crippen molar-refractivity contribution in [3.05, 3.63) is 65.5 Å². The molecular formula is C17H18FNO4S. The molecule has 5 nitrogen and oxygen atoms in total. The van der Waals surface area contributed by atoms with Crippen LogP contribution in [0.2, 0.25) is 0 Å². The van der Waals surface area contributed by atoms with Gasteiger partial charge in [0.15, 0.2) is 0 Å². The second-order valence-electron chi connectivity index (χ2n) is 5.13. The van der Waals surface area contributed by atoms with Gasteiger partial charge in [-0.15, -0.1) is 0 Å². The Balaban J connectivity index is 2.41. The van der Waals surface area contributed by atoms with E-state index in [0.717, 1.165) is 6.07 Å². The lowest BCUT2D eigenvalue weighted by molar-refractivity contribution is -0.145. The third-order valence-corrected chi connectivity index (χ3v) is 4.93. The summed E-state index contributed by atoms with van der Waals surface area (Å²) in [5, 5.41) is 0. The van der Waals surface area contributed by atoms with Gasteiger partial charge < -0.3 is 4.74 Å². The van der Waals surface area contributed by atoms with E-state index >= 15 is 0 Å². The molecule has 0 saturated heterocycles. The highest BCUT2D eigenvalue weighted by Gasteiger charge is 2.29. The van der Waals surface area contributed by atoms with Crippen molar-refractivity contribution in [3.8, 4) is 0 Å². The Morgan fingerprint density at radius 1 is 1.21 bits per heavy atom. The predicted octanol–water partition coefficient (Wildman–Crippen LogP) is 2.72. The minimum Gasteiger partial charge on any atom is -0.465 e. The average Bonchev–Trinajstić information content (AvgIpc) is 2.56. The number of sulfonamides is 1. The molecule has 0 aliphatic heterocycles. The lowest BCUT2D eigenvalue weighted by Crippen LogP contribution is -2.35. The monoisotopic (exact) mass is 351 g/mol. The molecule has 0 aliphatic carbocycles. The zero-order chi connectivity index (χ0) is 17.7. The molecule has 24 heavy (non-hydrogen) atoms. The molecule has 2 rings (SSSR count). The first-order chi connectivity index (χ1) is 11.3. The maximum absolute atomic E-state index is 13.4. The van der Waals surface area contributed by atoms with Crippen LogP contribution >= 0.6 is 0 Å². The van der Waals surface area contributed by atoms with Gasteiger partial charge in [0.2, 0.25) is 10.0 Å². The van der Waals surface area contributed by atoms with E-state index in [1.54, 1.807) is 44.2 Å². The molecule has 0 bridgehead atoms. The molecule has 1 N–H and O–H groups in total. The van der Waals surface area contributed by atoms with E-state index in [4.69, 9.17) is 4.74 Å². The van der Waals surface area contributed by atoms with Crippen molar-refractivity contribution >= 4 is 16.0 Å². The summed E-state index contributed by atoms with van der Waals surface area (Å²) in [4.78, 5) is 12.0. The number of nitrogens with one attached hydrogen (secondary N) is 1. The highest BCUT2D eigenvalue weighted by Crippen LogP contribution is 2.21. The first kappa shape index (κ1) is 18.1. The highest BCUT2D eigenvalue weighted by molar-refractivity contribution is 7.89. The zero-order valence-electron chi connectivity index (χ0n) is 13.3. The highest BCUT2D eigenvalue weighted by atomic mass is 32.2. The van der Waals surface area contributed by atoms with Crippen LogP contribution in [0.4, 0.5) is 4.39 Å². The lowest BCUT2D eigenvalue weighted by atomic mass is 10.1. The van der Waals surface area contributed by atoms with E-state index < -0.39 is 27.9 Å². The number of aryl methyl sites for hydroxylation is 1. The molecule has 1 unspecified atom stereocenters. The van der Waals surface area contributed by atoms with Gasteiger partial charge in [-0.05, 0) is 37.1 Å². The predicted molar refractivity (Wildman–Crippen MR) is 87.3 cm³/mol. The molecule has 0 spiro atoms. The molecule has 0 saturated carbocycles. The minimum atomic E-state index is -4.11. The summed E-state index contributed by atoms with van der Waals surface area (Å²) >= 11 is 0. The molecule has 0 heterocycles. The van der Waals surface area contributed by atoms with Crippen LogP contribution in [0.25, 0.3) is 0 Å². The van der Waals surface area contributed by atoms with Gasteiger partial charge in [-0.2, -0.15) is 4.72 Å². The fourth-order valence-corrected chi connectivity index (χ4v) is 3.63. The van der Waals surface area contributed by atoms with Crippen LogP contribution in [0.15, 0.2) is 53.4 Å². The quantitative estimate of drug-likeness (QED) is 0.812. The van der Waals surface area contributed by atoms with Gasteiger partial charge in [0.1, 0.15) is 11.9 Å². The smallest absolute Gasteiger partial charge is 0.328 e. The second-order valence-corrected chi connectivity index (χ2v) is 6.81. The number of carbonyl (C=O) groups excluding carboxylic acids is 1. The summed E-state index contributed by atoms with van der Waals surface area (Å²) < 4.78 is 45.9. The molecule has 2 aromatic carbocycles. The van der Waals surface area contributed by atoms with Gasteiger partial charge in [-0.25, -0.2) is 17.6 Å². The van der Waals surface area contributed by atoms with Gasteiger partial charge >= 0.3 is 5.97 Å².